The van der Waals surface area contributed by atoms with Crippen LogP contribution in [0.5, 0.6) is 0 Å². The first-order chi connectivity index (χ1) is 8.06. The van der Waals surface area contributed by atoms with Gasteiger partial charge < -0.3 is 14.8 Å². The van der Waals surface area contributed by atoms with E-state index in [0.29, 0.717) is 0 Å². The average molecular weight is 234 g/mol. The SMILES string of the molecule is Cc1ccc(CN(C)c2nnc(N(C)C)[nH]2)[nH]1. The molecule has 17 heavy (non-hydrogen) atoms. The second-order valence-corrected chi connectivity index (χ2v) is 4.39. The number of hydrogen-bond donors (Lipinski definition) is 2. The molecule has 2 aromatic heterocycles. The summed E-state index contributed by atoms with van der Waals surface area (Å²) in [6, 6.07) is 4.14. The smallest absolute Gasteiger partial charge is 0.226 e. The van der Waals surface area contributed by atoms with E-state index in [9.17, 15) is 0 Å². The molecule has 2 rings (SSSR count). The fourth-order valence-corrected chi connectivity index (χ4v) is 1.60. The third-order valence-corrected chi connectivity index (χ3v) is 2.55. The highest BCUT2D eigenvalue weighted by atomic mass is 15.4. The molecule has 0 aliphatic rings. The minimum Gasteiger partial charge on any atom is -0.361 e. The summed E-state index contributed by atoms with van der Waals surface area (Å²) in [5.74, 6) is 1.52. The van der Waals surface area contributed by atoms with Crippen molar-refractivity contribution in [2.45, 2.75) is 13.5 Å². The Morgan fingerprint density at radius 2 is 1.76 bits per heavy atom. The lowest BCUT2D eigenvalue weighted by atomic mass is 10.4. The molecule has 2 aromatic rings. The zero-order valence-corrected chi connectivity index (χ0v) is 10.7. The summed E-state index contributed by atoms with van der Waals surface area (Å²) in [7, 11) is 5.84. The van der Waals surface area contributed by atoms with E-state index in [-0.39, 0.29) is 0 Å². The van der Waals surface area contributed by atoms with Crippen molar-refractivity contribution < 1.29 is 0 Å². The Kier molecular flexibility index (Phi) is 3.03. The maximum Gasteiger partial charge on any atom is 0.226 e. The van der Waals surface area contributed by atoms with Crippen LogP contribution in [-0.4, -0.2) is 41.3 Å². The molecule has 0 bridgehead atoms. The van der Waals surface area contributed by atoms with Crippen molar-refractivity contribution >= 4 is 11.9 Å². The highest BCUT2D eigenvalue weighted by Gasteiger charge is 2.09. The van der Waals surface area contributed by atoms with Crippen molar-refractivity contribution in [2.24, 2.45) is 0 Å². The van der Waals surface area contributed by atoms with E-state index < -0.39 is 0 Å². The minimum absolute atomic E-state index is 0.759. The molecule has 0 radical (unpaired) electrons. The standard InChI is InChI=1S/C11H18N6/c1-8-5-6-9(12-8)7-17(4)11-13-10(14-15-11)16(2)3/h5-6,12H,7H2,1-4H3,(H,13,14,15). The molecule has 0 aliphatic carbocycles. The third kappa shape index (κ3) is 2.58. The molecule has 6 heteroatoms. The zero-order valence-electron chi connectivity index (χ0n) is 10.7. The van der Waals surface area contributed by atoms with Gasteiger partial charge in [0.25, 0.3) is 0 Å². The second-order valence-electron chi connectivity index (χ2n) is 4.39. The molecule has 2 N–H and O–H groups in total. The molecule has 6 nitrogen and oxygen atoms in total. The summed E-state index contributed by atoms with van der Waals surface area (Å²) in [6.45, 7) is 2.82. The van der Waals surface area contributed by atoms with E-state index in [0.717, 1.165) is 24.1 Å². The van der Waals surface area contributed by atoms with Gasteiger partial charge >= 0.3 is 0 Å². The Morgan fingerprint density at radius 1 is 1.06 bits per heavy atom. The Bertz CT molecular complexity index is 484. The lowest BCUT2D eigenvalue weighted by Crippen LogP contribution is -2.18. The first-order valence-corrected chi connectivity index (χ1v) is 5.52. The number of hydrogen-bond acceptors (Lipinski definition) is 4. The molecule has 0 fully saturated rings. The van der Waals surface area contributed by atoms with E-state index in [1.54, 1.807) is 0 Å². The first-order valence-electron chi connectivity index (χ1n) is 5.52. The van der Waals surface area contributed by atoms with Crippen LogP contribution in [0.2, 0.25) is 0 Å². The van der Waals surface area contributed by atoms with E-state index in [4.69, 9.17) is 0 Å². The summed E-state index contributed by atoms with van der Waals surface area (Å²) in [6.07, 6.45) is 0. The normalized spacial score (nSPS) is 10.6. The van der Waals surface area contributed by atoms with Gasteiger partial charge in [-0.2, -0.15) is 0 Å². The lowest BCUT2D eigenvalue weighted by molar-refractivity contribution is 0.848. The monoisotopic (exact) mass is 234 g/mol. The van der Waals surface area contributed by atoms with E-state index in [2.05, 4.69) is 32.3 Å². The summed E-state index contributed by atoms with van der Waals surface area (Å²) < 4.78 is 0. The Morgan fingerprint density at radius 3 is 2.29 bits per heavy atom. The largest absolute Gasteiger partial charge is 0.361 e. The second kappa shape index (κ2) is 4.48. The van der Waals surface area contributed by atoms with Crippen LogP contribution in [0.1, 0.15) is 11.4 Å². The number of aromatic amines is 2. The number of nitrogens with zero attached hydrogens (tertiary/aromatic N) is 4. The number of anilines is 2. The molecule has 0 atom stereocenters. The fraction of sp³-hybridized carbons (Fsp3) is 0.455. The van der Waals surface area contributed by atoms with Crippen molar-refractivity contribution in [3.8, 4) is 0 Å². The predicted molar refractivity (Wildman–Crippen MR) is 68.3 cm³/mol. The van der Waals surface area contributed by atoms with Crippen LogP contribution in [0.3, 0.4) is 0 Å². The number of rotatable bonds is 4. The molecule has 2 heterocycles. The van der Waals surface area contributed by atoms with Gasteiger partial charge in [-0.1, -0.05) is 0 Å². The minimum atomic E-state index is 0.759. The average Bonchev–Trinajstić information content (AvgIpc) is 2.86. The maximum atomic E-state index is 4.11. The summed E-state index contributed by atoms with van der Waals surface area (Å²) in [5, 5.41) is 8.16. The lowest BCUT2D eigenvalue weighted by Gasteiger charge is -2.14. The van der Waals surface area contributed by atoms with Crippen molar-refractivity contribution in [3.63, 3.8) is 0 Å². The van der Waals surface area contributed by atoms with Gasteiger partial charge in [0, 0.05) is 32.5 Å². The van der Waals surface area contributed by atoms with Crippen LogP contribution < -0.4 is 9.80 Å². The highest BCUT2D eigenvalue weighted by Crippen LogP contribution is 2.12. The van der Waals surface area contributed by atoms with Crippen LogP contribution in [0.25, 0.3) is 0 Å². The molecular formula is C11H18N6. The van der Waals surface area contributed by atoms with Gasteiger partial charge in [-0.05, 0) is 19.1 Å². The summed E-state index contributed by atoms with van der Waals surface area (Å²) in [5.41, 5.74) is 2.33. The van der Waals surface area contributed by atoms with Crippen LogP contribution in [0.15, 0.2) is 12.1 Å². The quantitative estimate of drug-likeness (QED) is 0.832. The van der Waals surface area contributed by atoms with Crippen molar-refractivity contribution in [1.82, 2.24) is 20.2 Å². The van der Waals surface area contributed by atoms with Crippen LogP contribution in [0, 0.1) is 6.92 Å². The molecule has 0 aliphatic heterocycles. The Hall–Kier alpha value is -1.98. The number of aryl methyl sites for hydroxylation is 1. The molecular weight excluding hydrogens is 216 g/mol. The summed E-state index contributed by atoms with van der Waals surface area (Å²) in [4.78, 5) is 10.4. The maximum absolute atomic E-state index is 4.11. The topological polar surface area (TPSA) is 63.8 Å². The molecule has 0 unspecified atom stereocenters. The van der Waals surface area contributed by atoms with Crippen LogP contribution in [0.4, 0.5) is 11.9 Å². The molecule has 0 saturated carbocycles. The van der Waals surface area contributed by atoms with E-state index >= 15 is 0 Å². The van der Waals surface area contributed by atoms with Gasteiger partial charge in [0.05, 0.1) is 6.54 Å². The third-order valence-electron chi connectivity index (χ3n) is 2.55. The Labute approximate surface area is 101 Å². The van der Waals surface area contributed by atoms with Gasteiger partial charge in [-0.25, -0.2) is 0 Å². The van der Waals surface area contributed by atoms with Crippen LogP contribution in [-0.2, 0) is 6.54 Å². The zero-order chi connectivity index (χ0) is 12.4. The number of H-pyrrole nitrogens is 2. The number of aromatic nitrogens is 4. The predicted octanol–water partition coefficient (Wildman–Crippen LogP) is 1.14. The molecule has 0 saturated heterocycles. The van der Waals surface area contributed by atoms with E-state index in [1.165, 1.54) is 5.69 Å². The Balaban J connectivity index is 2.06. The molecule has 0 aromatic carbocycles. The first kappa shape index (κ1) is 11.5. The van der Waals surface area contributed by atoms with Gasteiger partial charge in [-0.3, -0.25) is 4.98 Å². The van der Waals surface area contributed by atoms with Gasteiger partial charge in [-0.15, -0.1) is 10.2 Å². The summed E-state index contributed by atoms with van der Waals surface area (Å²) >= 11 is 0. The van der Waals surface area contributed by atoms with Crippen molar-refractivity contribution in [1.29, 1.82) is 0 Å². The molecule has 0 amide bonds. The van der Waals surface area contributed by atoms with Crippen molar-refractivity contribution in [3.05, 3.63) is 23.5 Å². The molecule has 0 spiro atoms. The highest BCUT2D eigenvalue weighted by molar-refractivity contribution is 5.37. The van der Waals surface area contributed by atoms with Crippen LogP contribution >= 0.6 is 0 Å². The fourth-order valence-electron chi connectivity index (χ4n) is 1.60. The number of nitrogens with one attached hydrogen (secondary N) is 2. The van der Waals surface area contributed by atoms with E-state index in [1.807, 2.05) is 37.9 Å². The van der Waals surface area contributed by atoms with Crippen molar-refractivity contribution in [2.75, 3.05) is 30.9 Å². The molecule has 92 valence electrons. The van der Waals surface area contributed by atoms with Gasteiger partial charge in [0.15, 0.2) is 0 Å². The van der Waals surface area contributed by atoms with Gasteiger partial charge in [0.2, 0.25) is 11.9 Å². The van der Waals surface area contributed by atoms with Gasteiger partial charge in [0.1, 0.15) is 0 Å².